The number of rotatable bonds is 5. The van der Waals surface area contributed by atoms with Crippen molar-refractivity contribution in [1.82, 2.24) is 0 Å². The molecule has 112 valence electrons. The van der Waals surface area contributed by atoms with Gasteiger partial charge in [0.15, 0.2) is 0 Å². The van der Waals surface area contributed by atoms with Gasteiger partial charge in [-0.2, -0.15) is 0 Å². The molecule has 0 aromatic heterocycles. The highest BCUT2D eigenvalue weighted by atomic mass is 79.9. The first-order valence-corrected chi connectivity index (χ1v) is 7.69. The Morgan fingerprint density at radius 1 is 1.00 bits per heavy atom. The van der Waals surface area contributed by atoms with Crippen molar-refractivity contribution in [3.63, 3.8) is 0 Å². The van der Waals surface area contributed by atoms with Crippen LogP contribution in [-0.2, 0) is 6.54 Å². The van der Waals surface area contributed by atoms with Crippen molar-refractivity contribution < 1.29 is 9.47 Å². The summed E-state index contributed by atoms with van der Waals surface area (Å²) in [5, 5.41) is 4.48. The summed E-state index contributed by atoms with van der Waals surface area (Å²) in [7, 11) is 3.17. The lowest BCUT2D eigenvalue weighted by atomic mass is 10.2. The zero-order valence-corrected chi connectivity index (χ0v) is 14.6. The Morgan fingerprint density at radius 3 is 2.33 bits per heavy atom. The van der Waals surface area contributed by atoms with E-state index in [1.807, 2.05) is 18.2 Å². The van der Waals surface area contributed by atoms with Gasteiger partial charge in [-0.3, -0.25) is 0 Å². The van der Waals surface area contributed by atoms with Gasteiger partial charge in [0.1, 0.15) is 11.5 Å². The van der Waals surface area contributed by atoms with E-state index in [2.05, 4.69) is 21.2 Å². The van der Waals surface area contributed by atoms with E-state index in [1.54, 1.807) is 26.4 Å². The zero-order chi connectivity index (χ0) is 15.4. The SMILES string of the molecule is COc1cc(OC)c(NCc2ccc(Br)c(Cl)c2)cc1Cl. The van der Waals surface area contributed by atoms with Crippen molar-refractivity contribution in [2.75, 3.05) is 19.5 Å². The van der Waals surface area contributed by atoms with Crippen molar-refractivity contribution in [1.29, 1.82) is 0 Å². The molecule has 2 aromatic rings. The van der Waals surface area contributed by atoms with Crippen LogP contribution in [0.25, 0.3) is 0 Å². The first-order valence-electron chi connectivity index (χ1n) is 6.14. The summed E-state index contributed by atoms with van der Waals surface area (Å²) in [6.45, 7) is 0.603. The first-order chi connectivity index (χ1) is 10.0. The fourth-order valence-corrected chi connectivity index (χ4v) is 2.54. The highest BCUT2D eigenvalue weighted by molar-refractivity contribution is 9.10. The second-order valence-corrected chi connectivity index (χ2v) is 5.96. The molecular formula is C15H14BrCl2NO2. The molecule has 0 atom stereocenters. The predicted octanol–water partition coefficient (Wildman–Crippen LogP) is 5.39. The molecule has 0 spiro atoms. The van der Waals surface area contributed by atoms with Gasteiger partial charge < -0.3 is 14.8 Å². The largest absolute Gasteiger partial charge is 0.495 e. The van der Waals surface area contributed by atoms with Crippen LogP contribution in [0.2, 0.25) is 10.0 Å². The van der Waals surface area contributed by atoms with E-state index < -0.39 is 0 Å². The summed E-state index contributed by atoms with van der Waals surface area (Å²) in [6.07, 6.45) is 0. The van der Waals surface area contributed by atoms with E-state index >= 15 is 0 Å². The molecule has 0 aliphatic heterocycles. The van der Waals surface area contributed by atoms with Gasteiger partial charge in [-0.1, -0.05) is 29.3 Å². The van der Waals surface area contributed by atoms with E-state index in [0.29, 0.717) is 28.1 Å². The van der Waals surface area contributed by atoms with Gasteiger partial charge in [-0.25, -0.2) is 0 Å². The minimum atomic E-state index is 0.523. The van der Waals surface area contributed by atoms with Gasteiger partial charge >= 0.3 is 0 Å². The lowest BCUT2D eigenvalue weighted by molar-refractivity contribution is 0.395. The van der Waals surface area contributed by atoms with Crippen LogP contribution in [0.1, 0.15) is 5.56 Å². The standard InChI is InChI=1S/C15H14BrCl2NO2/c1-20-14-7-15(21-2)13(6-12(14)18)19-8-9-3-4-10(16)11(17)5-9/h3-7,19H,8H2,1-2H3. The van der Waals surface area contributed by atoms with Crippen LogP contribution < -0.4 is 14.8 Å². The van der Waals surface area contributed by atoms with Crippen LogP contribution in [0.3, 0.4) is 0 Å². The van der Waals surface area contributed by atoms with Crippen molar-refractivity contribution in [2.24, 2.45) is 0 Å². The van der Waals surface area contributed by atoms with Crippen molar-refractivity contribution in [2.45, 2.75) is 6.54 Å². The molecule has 2 aromatic carbocycles. The van der Waals surface area contributed by atoms with Crippen molar-refractivity contribution in [3.8, 4) is 11.5 Å². The third kappa shape index (κ3) is 3.96. The Kier molecular flexibility index (Phi) is 5.62. The van der Waals surface area contributed by atoms with Crippen molar-refractivity contribution >= 4 is 44.8 Å². The highest BCUT2D eigenvalue weighted by Gasteiger charge is 2.10. The summed E-state index contributed by atoms with van der Waals surface area (Å²) in [5.41, 5.74) is 1.85. The Balaban J connectivity index is 2.19. The summed E-state index contributed by atoms with van der Waals surface area (Å²) >= 11 is 15.6. The molecule has 0 saturated carbocycles. The quantitative estimate of drug-likeness (QED) is 0.742. The molecule has 0 fully saturated rings. The number of ether oxygens (including phenoxy) is 2. The maximum Gasteiger partial charge on any atom is 0.145 e. The number of benzene rings is 2. The van der Waals surface area contributed by atoms with Crippen LogP contribution in [-0.4, -0.2) is 14.2 Å². The van der Waals surface area contributed by atoms with Crippen LogP contribution in [0.15, 0.2) is 34.8 Å². The van der Waals surface area contributed by atoms with Gasteiger partial charge in [0.05, 0.1) is 30.0 Å². The van der Waals surface area contributed by atoms with E-state index in [4.69, 9.17) is 32.7 Å². The Labute approximate surface area is 142 Å². The van der Waals surface area contributed by atoms with E-state index in [9.17, 15) is 0 Å². The number of halogens is 3. The molecule has 21 heavy (non-hydrogen) atoms. The average molecular weight is 391 g/mol. The zero-order valence-electron chi connectivity index (χ0n) is 11.5. The average Bonchev–Trinajstić information content (AvgIpc) is 2.48. The molecule has 0 saturated heterocycles. The molecular weight excluding hydrogens is 377 g/mol. The molecule has 0 unspecified atom stereocenters. The smallest absolute Gasteiger partial charge is 0.145 e. The normalized spacial score (nSPS) is 10.3. The van der Waals surface area contributed by atoms with Crippen LogP contribution in [0.5, 0.6) is 11.5 Å². The summed E-state index contributed by atoms with van der Waals surface area (Å²) in [5.74, 6) is 1.24. The molecule has 6 heteroatoms. The summed E-state index contributed by atoms with van der Waals surface area (Å²) < 4.78 is 11.4. The fraction of sp³-hybridized carbons (Fsp3) is 0.200. The molecule has 0 heterocycles. The van der Waals surface area contributed by atoms with Crippen LogP contribution in [0.4, 0.5) is 5.69 Å². The topological polar surface area (TPSA) is 30.5 Å². The lowest BCUT2D eigenvalue weighted by Crippen LogP contribution is -2.02. The van der Waals surface area contributed by atoms with E-state index in [0.717, 1.165) is 15.7 Å². The van der Waals surface area contributed by atoms with Gasteiger partial charge in [-0.15, -0.1) is 0 Å². The maximum atomic E-state index is 6.14. The maximum absolute atomic E-state index is 6.14. The van der Waals surface area contributed by atoms with Crippen LogP contribution in [0, 0.1) is 0 Å². The van der Waals surface area contributed by atoms with Crippen molar-refractivity contribution in [3.05, 3.63) is 50.4 Å². The van der Waals surface area contributed by atoms with E-state index in [1.165, 1.54) is 0 Å². The molecule has 0 aliphatic rings. The molecule has 1 N–H and O–H groups in total. The summed E-state index contributed by atoms with van der Waals surface area (Å²) in [6, 6.07) is 9.33. The third-order valence-corrected chi connectivity index (χ3v) is 4.47. The lowest BCUT2D eigenvalue weighted by Gasteiger charge is -2.14. The number of hydrogen-bond donors (Lipinski definition) is 1. The molecule has 0 aliphatic carbocycles. The number of anilines is 1. The number of nitrogens with one attached hydrogen (secondary N) is 1. The van der Waals surface area contributed by atoms with Gasteiger partial charge in [0.2, 0.25) is 0 Å². The number of hydrogen-bond acceptors (Lipinski definition) is 3. The molecule has 2 rings (SSSR count). The molecule has 0 radical (unpaired) electrons. The summed E-state index contributed by atoms with van der Waals surface area (Å²) in [4.78, 5) is 0. The van der Waals surface area contributed by atoms with Crippen LogP contribution >= 0.6 is 39.1 Å². The van der Waals surface area contributed by atoms with Gasteiger partial charge in [0, 0.05) is 17.1 Å². The molecule has 0 bridgehead atoms. The first kappa shape index (κ1) is 16.3. The second kappa shape index (κ2) is 7.25. The minimum absolute atomic E-state index is 0.523. The number of methoxy groups -OCH3 is 2. The molecule has 3 nitrogen and oxygen atoms in total. The Morgan fingerprint density at radius 2 is 1.71 bits per heavy atom. The highest BCUT2D eigenvalue weighted by Crippen LogP contribution is 2.36. The third-order valence-electron chi connectivity index (χ3n) is 2.94. The fourth-order valence-electron chi connectivity index (χ4n) is 1.85. The predicted molar refractivity (Wildman–Crippen MR) is 91.0 cm³/mol. The monoisotopic (exact) mass is 389 g/mol. The second-order valence-electron chi connectivity index (χ2n) is 4.29. The Hall–Kier alpha value is -1.10. The van der Waals surface area contributed by atoms with E-state index in [-0.39, 0.29) is 0 Å². The van der Waals surface area contributed by atoms with Gasteiger partial charge in [-0.05, 0) is 39.7 Å². The minimum Gasteiger partial charge on any atom is -0.495 e. The van der Waals surface area contributed by atoms with Gasteiger partial charge in [0.25, 0.3) is 0 Å². The Bertz CT molecular complexity index is 650. The molecule has 0 amide bonds.